The molecule has 0 amide bonds. The molecule has 6 aromatic carbocycles. The van der Waals surface area contributed by atoms with Gasteiger partial charge in [0.25, 0.3) is 10.0 Å². The molecule has 690 valence electrons. The molecule has 40 heteroatoms. The van der Waals surface area contributed by atoms with Crippen LogP contribution in [0.1, 0.15) is 59.5 Å². The van der Waals surface area contributed by atoms with Crippen molar-refractivity contribution in [3.8, 4) is 45.0 Å². The molecule has 33 nitrogen and oxygen atoms in total. The number of anilines is 4. The van der Waals surface area contributed by atoms with Gasteiger partial charge in [-0.15, -0.1) is 4.83 Å². The standard InChI is InChI=1S/C96H91Cl2F4N31O2S/c1-47-53(36-111-129(47)5)80-85-89(124-120-80)115-74(39-109-85)132-32-28-56-64(44-132)94(56,60-16-8-12-20-69(60)101)91(105)96(90(104)93(59-15-7-11-19-68(59)100)55-27-31-131(43-63(55)93)73-37-106-82-77(117-121-86(82)113-73)49-35-110-127(3)41-49,95(61-17-9-13-21-70(61)102)57-29-33-133(45-65(57)95)75-40-108-84-79(119-123-88(84)116-75)52-24-25-71-81(76(52)98)112-48(2)128(71)4)125-126-136(134,135)50-22-23-51(66(97)34-50)78-83-87(122-118-78)114-72(38-107-83)130-30-26-54-62(42-130)92(54,46-103)58-14-6-10-18-67(58)99/h6-25,34-41,54-57,62-65,90-91,125-126H,26-33,42-46,103-105H2,1-5H3,(H,113,117,121)(H,114,118,122)(H,115,120,124)(H,116,119,123)/t54-,55-,56-,57-,62+,63+,64+,65+,90?,91?,92-,93+,94+,95+,96?/m1/s1. The number of aromatic nitrogens is 22. The van der Waals surface area contributed by atoms with Gasteiger partial charge in [-0.2, -0.15) is 30.6 Å². The normalized spacial score (nSPS) is 25.4. The van der Waals surface area contributed by atoms with E-state index in [0.29, 0.717) is 158 Å². The number of fused-ring (bicyclic) bond motifs is 9. The number of sulfonamides is 1. The van der Waals surface area contributed by atoms with Crippen molar-refractivity contribution in [3.05, 3.63) is 238 Å². The number of imidazole rings is 1. The van der Waals surface area contributed by atoms with Crippen LogP contribution < -0.4 is 47.1 Å². The van der Waals surface area contributed by atoms with E-state index in [2.05, 4.69) is 65.5 Å². The molecule has 12 N–H and O–H groups in total. The van der Waals surface area contributed by atoms with Crippen molar-refractivity contribution in [3.63, 3.8) is 0 Å². The number of nitrogens with one attached hydrogen (secondary N) is 6. The topological polar surface area (TPSA) is 421 Å². The molecule has 4 saturated heterocycles. The van der Waals surface area contributed by atoms with Crippen molar-refractivity contribution in [1.29, 1.82) is 0 Å². The molecule has 11 aromatic heterocycles. The lowest BCUT2D eigenvalue weighted by atomic mass is 9.56. The number of hydrogen-bond donors (Lipinski definition) is 9. The summed E-state index contributed by atoms with van der Waals surface area (Å²) in [5, 5.41) is 40.5. The number of halogens is 6. The highest BCUT2D eigenvalue weighted by atomic mass is 35.5. The number of aromatic amines is 4. The molecule has 0 spiro atoms. The van der Waals surface area contributed by atoms with Crippen LogP contribution in [-0.2, 0) is 52.8 Å². The van der Waals surface area contributed by atoms with Gasteiger partial charge in [0.1, 0.15) is 103 Å². The summed E-state index contributed by atoms with van der Waals surface area (Å²) in [6, 6.07) is 31.2. The largest absolute Gasteiger partial charge is 0.355 e. The fraction of sp³-hybridized carbons (Fsp3) is 0.344. The third-order valence-electron chi connectivity index (χ3n) is 32.5. The summed E-state index contributed by atoms with van der Waals surface area (Å²) in [5.41, 5.74) is 31.7. The molecule has 8 aliphatic rings. The van der Waals surface area contributed by atoms with Gasteiger partial charge < -0.3 is 41.4 Å². The summed E-state index contributed by atoms with van der Waals surface area (Å²) in [6.07, 6.45) is 13.8. The van der Waals surface area contributed by atoms with Crippen LogP contribution in [0.25, 0.3) is 101 Å². The highest BCUT2D eigenvalue weighted by molar-refractivity contribution is 7.89. The van der Waals surface area contributed by atoms with Crippen molar-refractivity contribution in [2.24, 2.45) is 85.7 Å². The van der Waals surface area contributed by atoms with Gasteiger partial charge in [-0.3, -0.25) is 29.8 Å². The monoisotopic (exact) mass is 1890 g/mol. The molecule has 0 radical (unpaired) electrons. The van der Waals surface area contributed by atoms with Gasteiger partial charge in [-0.1, -0.05) is 96.0 Å². The fourth-order valence-electron chi connectivity index (χ4n) is 26.0. The highest BCUT2D eigenvalue weighted by Gasteiger charge is 2.87. The lowest BCUT2D eigenvalue weighted by Crippen LogP contribution is -2.82. The van der Waals surface area contributed by atoms with Gasteiger partial charge in [-0.25, -0.2) is 76.3 Å². The zero-order chi connectivity index (χ0) is 92.9. The van der Waals surface area contributed by atoms with Crippen LogP contribution in [-0.4, -0.2) is 195 Å². The summed E-state index contributed by atoms with van der Waals surface area (Å²) >= 11 is 14.7. The maximum atomic E-state index is 19.3. The molecule has 8 fully saturated rings. The predicted molar refractivity (Wildman–Crippen MR) is 505 cm³/mol. The summed E-state index contributed by atoms with van der Waals surface area (Å²) in [4.78, 5) is 56.6. The molecule has 15 heterocycles. The van der Waals surface area contributed by atoms with Crippen LogP contribution in [0.2, 0.25) is 10.0 Å². The molecular formula is C96H91Cl2F4N31O2S. The minimum Gasteiger partial charge on any atom is -0.355 e. The van der Waals surface area contributed by atoms with Crippen molar-refractivity contribution >= 4 is 112 Å². The highest BCUT2D eigenvalue weighted by Crippen LogP contribution is 2.79. The first-order valence-electron chi connectivity index (χ1n) is 45.7. The molecule has 0 bridgehead atoms. The molecular weight excluding hydrogens is 1800 g/mol. The van der Waals surface area contributed by atoms with Gasteiger partial charge in [0.2, 0.25) is 0 Å². The second-order valence-electron chi connectivity index (χ2n) is 38.1. The zero-order valence-electron chi connectivity index (χ0n) is 74.2. The Morgan fingerprint density at radius 3 is 1.40 bits per heavy atom. The Labute approximate surface area is 784 Å². The minimum atomic E-state index is -5.04. The molecule has 136 heavy (non-hydrogen) atoms. The van der Waals surface area contributed by atoms with E-state index in [1.54, 1.807) is 107 Å². The third kappa shape index (κ3) is 12.0. The number of aryl methyl sites for hydroxylation is 4. The van der Waals surface area contributed by atoms with Crippen LogP contribution >= 0.6 is 23.2 Å². The number of nitrogens with two attached hydrogens (primary N) is 3. The maximum absolute atomic E-state index is 19.3. The summed E-state index contributed by atoms with van der Waals surface area (Å²) < 4.78 is 111. The van der Waals surface area contributed by atoms with Crippen LogP contribution in [0.15, 0.2) is 176 Å². The lowest BCUT2D eigenvalue weighted by molar-refractivity contribution is 0.0822. The number of nitrogens with zero attached hydrogens (tertiary/aromatic N) is 22. The number of benzene rings is 6. The van der Waals surface area contributed by atoms with Gasteiger partial charge in [-0.05, 0) is 164 Å². The van der Waals surface area contributed by atoms with Gasteiger partial charge in [0, 0.05) is 148 Å². The zero-order valence-corrected chi connectivity index (χ0v) is 76.5. The van der Waals surface area contributed by atoms with Crippen molar-refractivity contribution in [2.45, 2.75) is 83.7 Å². The molecule has 4 aliphatic heterocycles. The van der Waals surface area contributed by atoms with Crippen molar-refractivity contribution < 1.29 is 26.0 Å². The summed E-state index contributed by atoms with van der Waals surface area (Å²) in [5.74, 6) is -2.79. The maximum Gasteiger partial charge on any atom is 0.253 e. The number of hydrazine groups is 1. The average molecular weight is 1890 g/mol. The van der Waals surface area contributed by atoms with Crippen molar-refractivity contribution in [1.82, 2.24) is 120 Å². The van der Waals surface area contributed by atoms with Gasteiger partial charge >= 0.3 is 0 Å². The molecule has 25 rings (SSSR count). The Hall–Kier alpha value is -13.3. The second kappa shape index (κ2) is 30.6. The Morgan fingerprint density at radius 1 is 0.485 bits per heavy atom. The first kappa shape index (κ1) is 84.4. The number of piperidine rings is 4. The Morgan fingerprint density at radius 2 is 0.926 bits per heavy atom. The van der Waals surface area contributed by atoms with Crippen LogP contribution in [0.3, 0.4) is 0 Å². The molecule has 15 atom stereocenters. The molecule has 4 aliphatic carbocycles. The summed E-state index contributed by atoms with van der Waals surface area (Å²) in [7, 11) is 0.550. The Bertz CT molecular complexity index is 7910. The van der Waals surface area contributed by atoms with Crippen molar-refractivity contribution in [2.75, 3.05) is 78.5 Å². The number of rotatable bonds is 22. The predicted octanol–water partition coefficient (Wildman–Crippen LogP) is 11.7. The lowest BCUT2D eigenvalue weighted by Gasteiger charge is -2.56. The smallest absolute Gasteiger partial charge is 0.253 e. The van der Waals surface area contributed by atoms with E-state index in [9.17, 15) is 0 Å². The number of hydrogen-bond acceptors (Lipinski definition) is 25. The van der Waals surface area contributed by atoms with Gasteiger partial charge in [0.15, 0.2) is 22.6 Å². The van der Waals surface area contributed by atoms with Crippen LogP contribution in [0, 0.1) is 84.5 Å². The molecule has 17 aromatic rings. The Balaban J connectivity index is 0.650. The van der Waals surface area contributed by atoms with E-state index in [1.807, 2.05) is 70.0 Å². The van der Waals surface area contributed by atoms with E-state index in [-0.39, 0.29) is 82.6 Å². The molecule has 4 saturated carbocycles. The van der Waals surface area contributed by atoms with E-state index in [0.717, 1.165) is 34.6 Å². The molecule has 3 unspecified atom stereocenters. The summed E-state index contributed by atoms with van der Waals surface area (Å²) in [6.45, 7) is 6.81. The SMILES string of the molecule is Cc1c(-c2n[nH]c3nc(N4CC[C@@H]5[C@H](C4)[C@]5(c4ccccc4F)C(N)C(NNS(=O)(=O)c4ccc(-c5n[nH]c6nc(N7CC[C@@H]8[C@H](C7)[C@@]8(CN)c7ccccc7F)cnc56)c(Cl)c4)(C(N)[C@]4(c5ccccc5F)[C@@H]5CCN(c6cnc7c(-c8cnn(C)c8)n[nH]c7n6)C[C@@H]54)[C@]4(c5ccccc5F)[C@@H]5CCN(c6cnc7c(-c8ccc9c(nc(C)n9C)c8Cl)n[nH]c7n6)C[C@@H]54)cnc23)cnn1C. The van der Waals surface area contributed by atoms with Crippen LogP contribution in [0.5, 0.6) is 0 Å². The van der Waals surface area contributed by atoms with E-state index >= 15 is 26.0 Å². The second-order valence-corrected chi connectivity index (χ2v) is 40.5. The first-order chi connectivity index (χ1) is 65.9. The average Bonchev–Trinajstić information content (AvgIpc) is 1.44. The van der Waals surface area contributed by atoms with E-state index < -0.39 is 102 Å². The van der Waals surface area contributed by atoms with Gasteiger partial charge in [0.05, 0.1) is 63.2 Å². The van der Waals surface area contributed by atoms with E-state index in [1.165, 1.54) is 42.5 Å². The quantitative estimate of drug-likeness (QED) is 0.0225. The fourth-order valence-corrected chi connectivity index (χ4v) is 27.5. The number of H-pyrrole nitrogens is 4. The van der Waals surface area contributed by atoms with Crippen LogP contribution in [0.4, 0.5) is 40.8 Å². The minimum absolute atomic E-state index is 0.0431. The van der Waals surface area contributed by atoms with E-state index in [4.69, 9.17) is 101 Å². The third-order valence-corrected chi connectivity index (χ3v) is 34.5. The first-order valence-corrected chi connectivity index (χ1v) is 47.9. The Kier molecular flexibility index (Phi) is 19.0.